The van der Waals surface area contributed by atoms with Gasteiger partial charge in [0.1, 0.15) is 53.5 Å². The summed E-state index contributed by atoms with van der Waals surface area (Å²) in [4.78, 5) is 0. The molecule has 0 aliphatic carbocycles. The molecule has 7 atom stereocenters. The van der Waals surface area contributed by atoms with E-state index in [9.17, 15) is 46.0 Å². The Morgan fingerprint density at radius 3 is 2.29 bits per heavy atom. The summed E-state index contributed by atoms with van der Waals surface area (Å²) in [5.74, 6) is -0.778. The molecule has 0 aromatic heterocycles. The third kappa shape index (κ3) is 5.81. The average molecular weight is 585 g/mol. The summed E-state index contributed by atoms with van der Waals surface area (Å²) < 4.78 is 17.4. The Morgan fingerprint density at radius 2 is 1.60 bits per heavy atom. The Kier molecular flexibility index (Phi) is 8.45. The van der Waals surface area contributed by atoms with E-state index in [4.69, 9.17) is 14.2 Å². The van der Waals surface area contributed by atoms with Crippen LogP contribution in [0.2, 0.25) is 0 Å². The number of fused-ring (bicyclic) bond motifs is 1. The lowest BCUT2D eigenvalue weighted by Crippen LogP contribution is -2.60. The van der Waals surface area contributed by atoms with Gasteiger partial charge in [-0.05, 0) is 41.8 Å². The van der Waals surface area contributed by atoms with Crippen molar-refractivity contribution in [1.82, 2.24) is 0 Å². The zero-order valence-corrected chi connectivity index (χ0v) is 22.2. The Balaban J connectivity index is 1.51. The standard InChI is InChI=1S/C30H32O12/c31-13-24-26(37)27(38)28(39)30(42-24)41-22-12-23-18(11-21(35)29(40-23)15-6-9-19(33)20(34)10-15)25(36)17(22)3-1-2-14-4-7-16(32)8-5-14/h1-2,4-10,12,21,24,26-39H,3,11,13H2. The van der Waals surface area contributed by atoms with E-state index >= 15 is 0 Å². The molecule has 0 radical (unpaired) electrons. The largest absolute Gasteiger partial charge is 0.508 e. The molecule has 0 bridgehead atoms. The molecule has 224 valence electrons. The van der Waals surface area contributed by atoms with Crippen molar-refractivity contribution in [1.29, 1.82) is 0 Å². The lowest BCUT2D eigenvalue weighted by Gasteiger charge is -2.40. The van der Waals surface area contributed by atoms with E-state index in [2.05, 4.69) is 0 Å². The monoisotopic (exact) mass is 584 g/mol. The molecule has 0 spiro atoms. The van der Waals surface area contributed by atoms with E-state index in [1.54, 1.807) is 24.3 Å². The van der Waals surface area contributed by atoms with Crippen molar-refractivity contribution in [3.63, 3.8) is 0 Å². The second-order valence-corrected chi connectivity index (χ2v) is 10.2. The summed E-state index contributed by atoms with van der Waals surface area (Å²) in [6.07, 6.45) is -6.37. The van der Waals surface area contributed by atoms with Gasteiger partial charge in [0, 0.05) is 23.6 Å². The summed E-state index contributed by atoms with van der Waals surface area (Å²) in [5.41, 5.74) is 1.63. The minimum absolute atomic E-state index is 0.00497. The van der Waals surface area contributed by atoms with E-state index in [1.165, 1.54) is 36.4 Å². The van der Waals surface area contributed by atoms with E-state index in [0.717, 1.165) is 5.56 Å². The van der Waals surface area contributed by atoms with Crippen LogP contribution in [0.4, 0.5) is 0 Å². The van der Waals surface area contributed by atoms with Gasteiger partial charge in [0.25, 0.3) is 0 Å². The fourth-order valence-electron chi connectivity index (χ4n) is 5.04. The first-order valence-electron chi connectivity index (χ1n) is 13.2. The molecular weight excluding hydrogens is 552 g/mol. The highest BCUT2D eigenvalue weighted by Crippen LogP contribution is 2.46. The number of hydrogen-bond donors (Lipinski definition) is 9. The molecule has 1 saturated heterocycles. The van der Waals surface area contributed by atoms with E-state index in [0.29, 0.717) is 5.56 Å². The van der Waals surface area contributed by atoms with Crippen LogP contribution in [-0.4, -0.2) is 89.4 Å². The van der Waals surface area contributed by atoms with Crippen molar-refractivity contribution in [2.45, 2.75) is 55.8 Å². The predicted molar refractivity (Wildman–Crippen MR) is 146 cm³/mol. The highest BCUT2D eigenvalue weighted by atomic mass is 16.7. The zero-order chi connectivity index (χ0) is 30.1. The first-order chi connectivity index (χ1) is 20.1. The van der Waals surface area contributed by atoms with Crippen molar-refractivity contribution < 1.29 is 60.2 Å². The van der Waals surface area contributed by atoms with Gasteiger partial charge in [-0.25, -0.2) is 0 Å². The molecule has 5 rings (SSSR count). The Morgan fingerprint density at radius 1 is 0.857 bits per heavy atom. The van der Waals surface area contributed by atoms with Crippen LogP contribution >= 0.6 is 0 Å². The summed E-state index contributed by atoms with van der Waals surface area (Å²) >= 11 is 0. The van der Waals surface area contributed by atoms with Crippen LogP contribution in [-0.2, 0) is 17.6 Å². The van der Waals surface area contributed by atoms with Crippen molar-refractivity contribution in [2.75, 3.05) is 6.61 Å². The molecule has 9 N–H and O–H groups in total. The third-order valence-electron chi connectivity index (χ3n) is 7.39. The molecule has 12 heteroatoms. The van der Waals surface area contributed by atoms with Crippen LogP contribution in [0.3, 0.4) is 0 Å². The molecule has 2 aliphatic heterocycles. The van der Waals surface area contributed by atoms with E-state index in [1.807, 2.05) is 0 Å². The molecule has 7 unspecified atom stereocenters. The maximum Gasteiger partial charge on any atom is 0.229 e. The van der Waals surface area contributed by atoms with Crippen LogP contribution in [0, 0.1) is 0 Å². The second-order valence-electron chi connectivity index (χ2n) is 10.2. The third-order valence-corrected chi connectivity index (χ3v) is 7.39. The molecule has 3 aromatic carbocycles. The molecule has 0 amide bonds. The number of rotatable bonds is 7. The summed E-state index contributed by atoms with van der Waals surface area (Å²) in [6.45, 7) is -0.662. The van der Waals surface area contributed by atoms with Crippen LogP contribution in [0.25, 0.3) is 6.08 Å². The number of hydrogen-bond acceptors (Lipinski definition) is 12. The maximum atomic E-state index is 11.3. The maximum absolute atomic E-state index is 11.3. The lowest BCUT2D eigenvalue weighted by atomic mass is 9.91. The lowest BCUT2D eigenvalue weighted by molar-refractivity contribution is -0.277. The Labute approximate surface area is 240 Å². The fraction of sp³-hybridized carbons (Fsp3) is 0.333. The number of aliphatic hydroxyl groups is 5. The molecule has 0 saturated carbocycles. The molecule has 3 aromatic rings. The Hall–Kier alpha value is -4.04. The van der Waals surface area contributed by atoms with Gasteiger partial charge in [-0.1, -0.05) is 30.4 Å². The van der Waals surface area contributed by atoms with Gasteiger partial charge in [0.2, 0.25) is 6.29 Å². The van der Waals surface area contributed by atoms with Gasteiger partial charge in [-0.3, -0.25) is 0 Å². The van der Waals surface area contributed by atoms with E-state index in [-0.39, 0.29) is 52.7 Å². The van der Waals surface area contributed by atoms with Crippen molar-refractivity contribution in [2.24, 2.45) is 0 Å². The highest BCUT2D eigenvalue weighted by molar-refractivity contribution is 5.60. The van der Waals surface area contributed by atoms with Crippen LogP contribution in [0.1, 0.15) is 28.4 Å². The number of allylic oxidation sites excluding steroid dienone is 1. The summed E-state index contributed by atoms with van der Waals surface area (Å²) in [5, 5.41) is 91.9. The van der Waals surface area contributed by atoms with Crippen LogP contribution in [0.5, 0.6) is 34.5 Å². The molecule has 12 nitrogen and oxygen atoms in total. The average Bonchev–Trinajstić information content (AvgIpc) is 2.97. The van der Waals surface area contributed by atoms with E-state index < -0.39 is 55.3 Å². The zero-order valence-electron chi connectivity index (χ0n) is 22.2. The molecule has 2 aliphatic rings. The fourth-order valence-corrected chi connectivity index (χ4v) is 5.04. The number of benzene rings is 3. The predicted octanol–water partition coefficient (Wildman–Crippen LogP) is 0.981. The number of aliphatic hydroxyl groups excluding tert-OH is 5. The van der Waals surface area contributed by atoms with Crippen molar-refractivity contribution >= 4 is 6.08 Å². The minimum Gasteiger partial charge on any atom is -0.508 e. The van der Waals surface area contributed by atoms with Crippen LogP contribution in [0.15, 0.2) is 54.6 Å². The van der Waals surface area contributed by atoms with Gasteiger partial charge in [-0.15, -0.1) is 0 Å². The number of phenols is 4. The van der Waals surface area contributed by atoms with Crippen LogP contribution < -0.4 is 9.47 Å². The SMILES string of the molecule is OCC1OC(Oc2cc3c(c(O)c2CC=Cc2ccc(O)cc2)CC(O)C(c2ccc(O)c(O)c2)O3)C(O)C(O)C1O. The minimum atomic E-state index is -1.71. The molecule has 1 fully saturated rings. The molecule has 2 heterocycles. The first kappa shape index (κ1) is 29.5. The van der Waals surface area contributed by atoms with Gasteiger partial charge >= 0.3 is 0 Å². The smallest absolute Gasteiger partial charge is 0.229 e. The summed E-state index contributed by atoms with van der Waals surface area (Å²) in [7, 11) is 0. The van der Waals surface area contributed by atoms with Gasteiger partial charge < -0.3 is 60.2 Å². The highest BCUT2D eigenvalue weighted by Gasteiger charge is 2.45. The summed E-state index contributed by atoms with van der Waals surface area (Å²) in [6, 6.07) is 11.8. The van der Waals surface area contributed by atoms with Crippen molar-refractivity contribution in [3.8, 4) is 34.5 Å². The molecule has 42 heavy (non-hydrogen) atoms. The van der Waals surface area contributed by atoms with Crippen molar-refractivity contribution in [3.05, 3.63) is 76.9 Å². The number of aromatic hydroxyl groups is 4. The second kappa shape index (κ2) is 12.1. The number of ether oxygens (including phenoxy) is 3. The topological polar surface area (TPSA) is 210 Å². The van der Waals surface area contributed by atoms with Gasteiger partial charge in [0.05, 0.1) is 12.7 Å². The first-order valence-corrected chi connectivity index (χ1v) is 13.2. The quantitative estimate of drug-likeness (QED) is 0.178. The normalized spacial score (nSPS) is 27.4. The molecular formula is C30H32O12. The van der Waals surface area contributed by atoms with Gasteiger partial charge in [-0.2, -0.15) is 0 Å². The Bertz CT molecular complexity index is 1440. The number of phenolic OH excluding ortho intramolecular Hbond substituents is 4. The van der Waals surface area contributed by atoms with Gasteiger partial charge in [0.15, 0.2) is 11.5 Å².